The molecule has 2 N–H and O–H groups in total. The molecule has 2 aromatic heterocycles. The van der Waals surface area contributed by atoms with Gasteiger partial charge >= 0.3 is 5.97 Å². The number of nitrogens with zero attached hydrogens (tertiary/aromatic N) is 3. The van der Waals surface area contributed by atoms with Crippen molar-refractivity contribution in [3.05, 3.63) is 89.6 Å². The van der Waals surface area contributed by atoms with Crippen molar-refractivity contribution in [1.29, 1.82) is 0 Å². The van der Waals surface area contributed by atoms with E-state index >= 15 is 0 Å². The van der Waals surface area contributed by atoms with E-state index in [0.29, 0.717) is 23.9 Å². The van der Waals surface area contributed by atoms with Gasteiger partial charge in [0.1, 0.15) is 23.4 Å². The topological polar surface area (TPSA) is 111 Å². The van der Waals surface area contributed by atoms with Crippen LogP contribution in [0.15, 0.2) is 71.5 Å². The molecule has 2 aromatic carbocycles. The quantitative estimate of drug-likeness (QED) is 0.421. The molecular weight excluding hydrogens is 422 g/mol. The molecule has 0 aliphatic carbocycles. The summed E-state index contributed by atoms with van der Waals surface area (Å²) in [6, 6.07) is 16.4. The van der Waals surface area contributed by atoms with Crippen molar-refractivity contribution < 1.29 is 24.3 Å². The Labute approximate surface area is 190 Å². The van der Waals surface area contributed by atoms with Crippen molar-refractivity contribution in [2.75, 3.05) is 6.61 Å². The standard InChI is InChI=1S/C25H21N3O5/c1-17(29)25-26-11-12-28(25)15-21-14-23(33-27-21)20-9-7-18(8-10-20)5-6-19-3-2-4-22(13-19)32-16-24(30)31/h2-4,7-14,17,29H,15-16H2,1H3,(H,30,31)/t17-/m0/s1. The molecule has 0 aliphatic rings. The lowest BCUT2D eigenvalue weighted by Crippen LogP contribution is -2.09. The van der Waals surface area contributed by atoms with E-state index in [1.165, 1.54) is 0 Å². The second-order valence-electron chi connectivity index (χ2n) is 7.31. The fourth-order valence-electron chi connectivity index (χ4n) is 3.19. The van der Waals surface area contributed by atoms with Crippen molar-refractivity contribution in [1.82, 2.24) is 14.7 Å². The number of hydrogen-bond acceptors (Lipinski definition) is 6. The average molecular weight is 443 g/mol. The van der Waals surface area contributed by atoms with Gasteiger partial charge < -0.3 is 24.0 Å². The Morgan fingerprint density at radius 1 is 1.15 bits per heavy atom. The summed E-state index contributed by atoms with van der Waals surface area (Å²) in [6.45, 7) is 1.72. The summed E-state index contributed by atoms with van der Waals surface area (Å²) in [5.74, 6) is 6.76. The second-order valence-corrected chi connectivity index (χ2v) is 7.31. The van der Waals surface area contributed by atoms with Gasteiger partial charge in [-0.25, -0.2) is 9.78 Å². The lowest BCUT2D eigenvalue weighted by Gasteiger charge is -2.07. The van der Waals surface area contributed by atoms with Crippen molar-refractivity contribution >= 4 is 5.97 Å². The number of ether oxygens (including phenoxy) is 1. The third-order valence-corrected chi connectivity index (χ3v) is 4.73. The highest BCUT2D eigenvalue weighted by Gasteiger charge is 2.12. The Bertz CT molecular complexity index is 1310. The van der Waals surface area contributed by atoms with Crippen LogP contribution >= 0.6 is 0 Å². The highest BCUT2D eigenvalue weighted by Crippen LogP contribution is 2.22. The van der Waals surface area contributed by atoms with Crippen LogP contribution in [0.5, 0.6) is 5.75 Å². The van der Waals surface area contributed by atoms with Gasteiger partial charge in [-0.05, 0) is 49.4 Å². The molecule has 2 heterocycles. The molecule has 0 unspecified atom stereocenters. The molecule has 0 aliphatic heterocycles. The Hall–Kier alpha value is -4.35. The van der Waals surface area contributed by atoms with Crippen LogP contribution in [0.3, 0.4) is 0 Å². The van der Waals surface area contributed by atoms with Crippen LogP contribution in [0.2, 0.25) is 0 Å². The minimum absolute atomic E-state index is 0.397. The van der Waals surface area contributed by atoms with Crippen LogP contribution in [0.4, 0.5) is 0 Å². The number of benzene rings is 2. The van der Waals surface area contributed by atoms with Crippen molar-refractivity contribution in [2.45, 2.75) is 19.6 Å². The van der Waals surface area contributed by atoms with E-state index in [0.717, 1.165) is 22.4 Å². The van der Waals surface area contributed by atoms with E-state index in [-0.39, 0.29) is 0 Å². The van der Waals surface area contributed by atoms with Gasteiger partial charge in [-0.15, -0.1) is 0 Å². The van der Waals surface area contributed by atoms with E-state index in [4.69, 9.17) is 14.4 Å². The van der Waals surface area contributed by atoms with Gasteiger partial charge in [0.2, 0.25) is 0 Å². The monoisotopic (exact) mass is 443 g/mol. The average Bonchev–Trinajstić information content (AvgIpc) is 3.47. The number of aliphatic carboxylic acids is 1. The van der Waals surface area contributed by atoms with Crippen LogP contribution in [0.1, 0.15) is 35.7 Å². The minimum Gasteiger partial charge on any atom is -0.482 e. The molecule has 0 fully saturated rings. The third kappa shape index (κ3) is 5.67. The number of aliphatic hydroxyl groups is 1. The number of carboxylic acid groups (broad SMARTS) is 1. The molecule has 0 spiro atoms. The summed E-state index contributed by atoms with van der Waals surface area (Å²) in [4.78, 5) is 14.8. The van der Waals surface area contributed by atoms with Crippen molar-refractivity contribution in [2.24, 2.45) is 0 Å². The molecular formula is C25H21N3O5. The Morgan fingerprint density at radius 2 is 1.94 bits per heavy atom. The third-order valence-electron chi connectivity index (χ3n) is 4.73. The first-order valence-electron chi connectivity index (χ1n) is 10.2. The van der Waals surface area contributed by atoms with Crippen LogP contribution in [0, 0.1) is 11.8 Å². The molecule has 0 amide bonds. The van der Waals surface area contributed by atoms with E-state index in [1.807, 2.05) is 41.0 Å². The summed E-state index contributed by atoms with van der Waals surface area (Å²) >= 11 is 0. The minimum atomic E-state index is -1.03. The zero-order chi connectivity index (χ0) is 23.2. The summed E-state index contributed by atoms with van der Waals surface area (Å²) in [7, 11) is 0. The molecule has 166 valence electrons. The number of carboxylic acids is 1. The maximum absolute atomic E-state index is 10.6. The smallest absolute Gasteiger partial charge is 0.341 e. The largest absolute Gasteiger partial charge is 0.482 e. The van der Waals surface area contributed by atoms with Gasteiger partial charge in [0.05, 0.1) is 6.54 Å². The Morgan fingerprint density at radius 3 is 2.70 bits per heavy atom. The first-order chi connectivity index (χ1) is 16.0. The summed E-state index contributed by atoms with van der Waals surface area (Å²) in [6.07, 6.45) is 2.76. The van der Waals surface area contributed by atoms with Gasteiger partial charge in [-0.1, -0.05) is 23.1 Å². The molecule has 0 saturated carbocycles. The number of carbonyl (C=O) groups is 1. The lowest BCUT2D eigenvalue weighted by atomic mass is 10.1. The number of aliphatic hydroxyl groups excluding tert-OH is 1. The van der Waals surface area contributed by atoms with E-state index in [1.54, 1.807) is 37.5 Å². The lowest BCUT2D eigenvalue weighted by molar-refractivity contribution is -0.139. The van der Waals surface area contributed by atoms with Crippen LogP contribution in [-0.4, -0.2) is 37.5 Å². The molecule has 8 heteroatoms. The molecule has 4 aromatic rings. The summed E-state index contributed by atoms with van der Waals surface area (Å²) in [5, 5.41) is 22.6. The van der Waals surface area contributed by atoms with Gasteiger partial charge in [-0.3, -0.25) is 0 Å². The van der Waals surface area contributed by atoms with Gasteiger partial charge in [0.25, 0.3) is 0 Å². The fourth-order valence-corrected chi connectivity index (χ4v) is 3.19. The molecule has 1 atom stereocenters. The zero-order valence-corrected chi connectivity index (χ0v) is 17.8. The number of hydrogen-bond donors (Lipinski definition) is 2. The summed E-state index contributed by atoms with van der Waals surface area (Å²) < 4.78 is 12.5. The maximum Gasteiger partial charge on any atom is 0.341 e. The van der Waals surface area contributed by atoms with Gasteiger partial charge in [-0.2, -0.15) is 0 Å². The number of aromatic nitrogens is 3. The molecule has 4 rings (SSSR count). The van der Waals surface area contributed by atoms with E-state index in [9.17, 15) is 9.90 Å². The molecule has 0 bridgehead atoms. The molecule has 0 radical (unpaired) electrons. The maximum atomic E-state index is 10.6. The second kappa shape index (κ2) is 9.85. The highest BCUT2D eigenvalue weighted by atomic mass is 16.5. The SMILES string of the molecule is C[C@H](O)c1nccn1Cc1cc(-c2ccc(C#Cc3cccc(OCC(=O)O)c3)cc2)on1. The first-order valence-corrected chi connectivity index (χ1v) is 10.2. The van der Waals surface area contributed by atoms with Gasteiger partial charge in [0.15, 0.2) is 12.4 Å². The Balaban J connectivity index is 1.43. The van der Waals surface area contributed by atoms with Crippen molar-refractivity contribution in [3.8, 4) is 28.9 Å². The van der Waals surface area contributed by atoms with Crippen LogP contribution < -0.4 is 4.74 Å². The van der Waals surface area contributed by atoms with Crippen LogP contribution in [-0.2, 0) is 11.3 Å². The highest BCUT2D eigenvalue weighted by molar-refractivity contribution is 5.68. The predicted molar refractivity (Wildman–Crippen MR) is 119 cm³/mol. The predicted octanol–water partition coefficient (Wildman–Crippen LogP) is 3.50. The molecule has 0 saturated heterocycles. The van der Waals surface area contributed by atoms with Crippen LogP contribution in [0.25, 0.3) is 11.3 Å². The van der Waals surface area contributed by atoms with Gasteiger partial charge in [0, 0.05) is 35.2 Å². The van der Waals surface area contributed by atoms with E-state index < -0.39 is 18.7 Å². The van der Waals surface area contributed by atoms with Crippen molar-refractivity contribution in [3.63, 3.8) is 0 Å². The molecule has 33 heavy (non-hydrogen) atoms. The number of rotatable bonds is 7. The number of imidazole rings is 1. The fraction of sp³-hybridized carbons (Fsp3) is 0.160. The Kier molecular flexibility index (Phi) is 6.53. The van der Waals surface area contributed by atoms with E-state index in [2.05, 4.69) is 22.0 Å². The zero-order valence-electron chi connectivity index (χ0n) is 17.8. The summed E-state index contributed by atoms with van der Waals surface area (Å²) in [5.41, 5.74) is 3.12. The molecule has 8 nitrogen and oxygen atoms in total. The first kappa shape index (κ1) is 21.9. The normalized spacial score (nSPS) is 11.5.